The second-order valence-corrected chi connectivity index (χ2v) is 7.71. The highest BCUT2D eigenvalue weighted by atomic mass is 79.9. The number of hydrogen-bond acceptors (Lipinski definition) is 5. The van der Waals surface area contributed by atoms with E-state index in [4.69, 9.17) is 0 Å². The third kappa shape index (κ3) is 4.89. The van der Waals surface area contributed by atoms with Gasteiger partial charge in [-0.3, -0.25) is 19.3 Å². The molecule has 1 aliphatic heterocycles. The van der Waals surface area contributed by atoms with Gasteiger partial charge in [0.15, 0.2) is 10.4 Å². The molecule has 2 rings (SSSR count). The summed E-state index contributed by atoms with van der Waals surface area (Å²) in [6.45, 7) is 4.59. The van der Waals surface area contributed by atoms with E-state index in [0.717, 1.165) is 11.1 Å². The Morgan fingerprint density at radius 3 is 2.56 bits per heavy atom. The maximum Gasteiger partial charge on any atom is 0.319 e. The van der Waals surface area contributed by atoms with Crippen molar-refractivity contribution in [1.82, 2.24) is 10.2 Å². The molecule has 0 bridgehead atoms. The summed E-state index contributed by atoms with van der Waals surface area (Å²) in [4.78, 5) is 37.3. The summed E-state index contributed by atoms with van der Waals surface area (Å²) in [5.41, 5.74) is 2.53. The molecule has 1 fully saturated rings. The van der Waals surface area contributed by atoms with Crippen molar-refractivity contribution in [3.05, 3.63) is 34.9 Å². The number of hydrogen-bond donors (Lipinski definition) is 1. The quantitative estimate of drug-likeness (QED) is 0.314. The van der Waals surface area contributed by atoms with E-state index in [1.807, 2.05) is 24.8 Å². The third-order valence-electron chi connectivity index (χ3n) is 4.37. The number of alkyl halides is 1. The van der Waals surface area contributed by atoms with Gasteiger partial charge in [-0.1, -0.05) is 17.7 Å². The first-order chi connectivity index (χ1) is 11.7. The molecule has 1 unspecified atom stereocenters. The second kappa shape index (κ2) is 8.10. The van der Waals surface area contributed by atoms with Crippen LogP contribution < -0.4 is 5.32 Å². The van der Waals surface area contributed by atoms with Crippen LogP contribution in [0, 0.1) is 0 Å². The fraction of sp³-hybridized carbons (Fsp3) is 0.500. The molecule has 1 saturated heterocycles. The van der Waals surface area contributed by atoms with E-state index >= 15 is 0 Å². The van der Waals surface area contributed by atoms with Crippen LogP contribution in [0.4, 0.5) is 0 Å². The van der Waals surface area contributed by atoms with Crippen molar-refractivity contribution >= 4 is 33.6 Å². The molecule has 1 aliphatic carbocycles. The van der Waals surface area contributed by atoms with Crippen LogP contribution in [-0.4, -0.2) is 47.3 Å². The number of allylic oxidation sites excluding steroid dienone is 5. The number of halogens is 1. The molecule has 0 spiro atoms. The topological polar surface area (TPSA) is 75.7 Å². The first-order valence-electron chi connectivity index (χ1n) is 8.15. The average molecular weight is 411 g/mol. The van der Waals surface area contributed by atoms with Crippen LogP contribution in [0.15, 0.2) is 34.9 Å². The van der Waals surface area contributed by atoms with Crippen molar-refractivity contribution in [3.63, 3.8) is 0 Å². The van der Waals surface area contributed by atoms with Gasteiger partial charge < -0.3 is 10.1 Å². The van der Waals surface area contributed by atoms with Gasteiger partial charge in [0.1, 0.15) is 0 Å². The van der Waals surface area contributed by atoms with Gasteiger partial charge in [-0.15, -0.1) is 0 Å². The standard InChI is InChI=1S/C18H23BrN2O4/c1-12(2)15(10-13-4-6-14(22)7-5-13)17(24)20-18(19)8-9-21(18)11-16(23)25-3/h4-6H,7-11H2,1-3H3,(H,20,24). The Hall–Kier alpha value is -1.73. The number of ether oxygens (including phenoxy) is 1. The van der Waals surface area contributed by atoms with Crippen molar-refractivity contribution in [3.8, 4) is 0 Å². The van der Waals surface area contributed by atoms with Crippen LogP contribution in [0.3, 0.4) is 0 Å². The molecule has 0 radical (unpaired) electrons. The molecule has 0 aromatic heterocycles. The minimum Gasteiger partial charge on any atom is -0.468 e. The molecular weight excluding hydrogens is 388 g/mol. The Morgan fingerprint density at radius 1 is 1.36 bits per heavy atom. The van der Waals surface area contributed by atoms with Crippen molar-refractivity contribution in [2.24, 2.45) is 0 Å². The molecule has 2 aliphatic rings. The summed E-state index contributed by atoms with van der Waals surface area (Å²) >= 11 is 3.53. The molecule has 1 amide bonds. The first kappa shape index (κ1) is 19.6. The number of carbonyl (C=O) groups is 3. The minimum atomic E-state index is -0.730. The van der Waals surface area contributed by atoms with Crippen LogP contribution in [0.5, 0.6) is 0 Å². The zero-order valence-corrected chi connectivity index (χ0v) is 16.3. The SMILES string of the molecule is COC(=O)CN1CCC1(Br)NC(=O)C(CC1=CCC(=O)C=C1)=C(C)C. The van der Waals surface area contributed by atoms with E-state index in [1.54, 1.807) is 12.2 Å². The lowest BCUT2D eigenvalue weighted by molar-refractivity contribution is -0.146. The largest absolute Gasteiger partial charge is 0.468 e. The van der Waals surface area contributed by atoms with Crippen molar-refractivity contribution in [1.29, 1.82) is 0 Å². The normalized spacial score (nSPS) is 22.7. The maximum absolute atomic E-state index is 12.8. The Morgan fingerprint density at radius 2 is 2.08 bits per heavy atom. The molecule has 0 aromatic carbocycles. The van der Waals surface area contributed by atoms with E-state index in [1.165, 1.54) is 7.11 Å². The van der Waals surface area contributed by atoms with Crippen LogP contribution in [0.25, 0.3) is 0 Å². The van der Waals surface area contributed by atoms with Crippen molar-refractivity contribution < 1.29 is 19.1 Å². The summed E-state index contributed by atoms with van der Waals surface area (Å²) in [5, 5.41) is 2.97. The number of nitrogens with zero attached hydrogens (tertiary/aromatic N) is 1. The van der Waals surface area contributed by atoms with Crippen molar-refractivity contribution in [2.45, 2.75) is 37.7 Å². The summed E-state index contributed by atoms with van der Waals surface area (Å²) in [5.74, 6) is -0.459. The fourth-order valence-electron chi connectivity index (χ4n) is 2.67. The average Bonchev–Trinajstić information content (AvgIpc) is 2.57. The molecule has 1 atom stereocenters. The molecule has 0 saturated carbocycles. The predicted molar refractivity (Wildman–Crippen MR) is 97.8 cm³/mol. The molecule has 6 nitrogen and oxygen atoms in total. The van der Waals surface area contributed by atoms with Gasteiger partial charge in [0.2, 0.25) is 5.91 Å². The highest BCUT2D eigenvalue weighted by Crippen LogP contribution is 2.34. The molecule has 25 heavy (non-hydrogen) atoms. The van der Waals surface area contributed by atoms with Crippen LogP contribution in [0.1, 0.15) is 33.1 Å². The zero-order chi connectivity index (χ0) is 18.6. The Kier molecular flexibility index (Phi) is 6.35. The van der Waals surface area contributed by atoms with Crippen LogP contribution >= 0.6 is 15.9 Å². The number of ketones is 1. The lowest BCUT2D eigenvalue weighted by atomic mass is 9.96. The van der Waals surface area contributed by atoms with E-state index in [2.05, 4.69) is 26.0 Å². The number of esters is 1. The van der Waals surface area contributed by atoms with Gasteiger partial charge >= 0.3 is 5.97 Å². The third-order valence-corrected chi connectivity index (χ3v) is 5.47. The van der Waals surface area contributed by atoms with Gasteiger partial charge in [-0.05, 0) is 41.4 Å². The summed E-state index contributed by atoms with van der Waals surface area (Å²) < 4.78 is 3.95. The van der Waals surface area contributed by atoms with Gasteiger partial charge in [0, 0.05) is 31.4 Å². The van der Waals surface area contributed by atoms with Gasteiger partial charge in [0.25, 0.3) is 0 Å². The monoisotopic (exact) mass is 410 g/mol. The molecule has 1 heterocycles. The van der Waals surface area contributed by atoms with Crippen LogP contribution in [-0.2, 0) is 19.1 Å². The Bertz CT molecular complexity index is 677. The zero-order valence-electron chi connectivity index (χ0n) is 14.7. The Balaban J connectivity index is 2.04. The van der Waals surface area contributed by atoms with Gasteiger partial charge in [0.05, 0.1) is 13.7 Å². The minimum absolute atomic E-state index is 0.0688. The maximum atomic E-state index is 12.8. The summed E-state index contributed by atoms with van der Waals surface area (Å²) in [7, 11) is 1.34. The number of likely N-dealkylation sites (tertiary alicyclic amines) is 1. The lowest BCUT2D eigenvalue weighted by Crippen LogP contribution is -2.66. The smallest absolute Gasteiger partial charge is 0.319 e. The van der Waals surface area contributed by atoms with E-state index < -0.39 is 4.57 Å². The highest BCUT2D eigenvalue weighted by molar-refractivity contribution is 9.10. The summed E-state index contributed by atoms with van der Waals surface area (Å²) in [6.07, 6.45) is 6.71. The van der Waals surface area contributed by atoms with E-state index in [0.29, 0.717) is 31.4 Å². The number of carbonyl (C=O) groups excluding carboxylic acids is 3. The lowest BCUT2D eigenvalue weighted by Gasteiger charge is -2.48. The fourth-order valence-corrected chi connectivity index (χ4v) is 3.33. The first-order valence-corrected chi connectivity index (χ1v) is 8.94. The van der Waals surface area contributed by atoms with Gasteiger partial charge in [-0.25, -0.2) is 0 Å². The Labute approximate surface area is 156 Å². The molecular formula is C18H23BrN2O4. The number of amides is 1. The highest BCUT2D eigenvalue weighted by Gasteiger charge is 2.45. The van der Waals surface area contributed by atoms with E-state index in [-0.39, 0.29) is 24.2 Å². The van der Waals surface area contributed by atoms with Crippen molar-refractivity contribution in [2.75, 3.05) is 20.2 Å². The number of nitrogens with one attached hydrogen (secondary N) is 1. The molecule has 0 aromatic rings. The number of rotatable bonds is 6. The molecule has 1 N–H and O–H groups in total. The van der Waals surface area contributed by atoms with E-state index in [9.17, 15) is 14.4 Å². The number of methoxy groups -OCH3 is 1. The molecule has 136 valence electrons. The predicted octanol–water partition coefficient (Wildman–Crippen LogP) is 2.21. The van der Waals surface area contributed by atoms with Crippen LogP contribution in [0.2, 0.25) is 0 Å². The second-order valence-electron chi connectivity index (χ2n) is 6.40. The summed E-state index contributed by atoms with van der Waals surface area (Å²) in [6, 6.07) is 0. The van der Waals surface area contributed by atoms with Gasteiger partial charge in [-0.2, -0.15) is 0 Å². The molecule has 7 heteroatoms.